The van der Waals surface area contributed by atoms with E-state index in [0.29, 0.717) is 0 Å². The van der Waals surface area contributed by atoms with Crippen LogP contribution in [0.4, 0.5) is 13.2 Å². The van der Waals surface area contributed by atoms with Crippen molar-refractivity contribution >= 4 is 15.8 Å². The molecule has 1 atom stereocenters. The van der Waals surface area contributed by atoms with E-state index in [-0.39, 0.29) is 17.9 Å². The standard InChI is InChI=1S/C13H15F3O4S/c1-8(2)7-10(12(17)18)9-5-3-4-6-11(9)21(19,20)13(14,15)16/h3-6,8,10H,7H2,1-2H3,(H,17,18). The summed E-state index contributed by atoms with van der Waals surface area (Å²) >= 11 is 0. The number of rotatable bonds is 5. The van der Waals surface area contributed by atoms with E-state index >= 15 is 0 Å². The van der Waals surface area contributed by atoms with Gasteiger partial charge in [-0.05, 0) is 24.0 Å². The lowest BCUT2D eigenvalue weighted by Gasteiger charge is -2.19. The number of alkyl halides is 3. The normalized spacial score (nSPS) is 14.2. The Labute approximate surface area is 120 Å². The quantitative estimate of drug-likeness (QED) is 0.903. The number of carbonyl (C=O) groups is 1. The zero-order valence-corrected chi connectivity index (χ0v) is 12.2. The molecule has 1 rings (SSSR count). The minimum absolute atomic E-state index is 0.0414. The van der Waals surface area contributed by atoms with Crippen LogP contribution in [0.3, 0.4) is 0 Å². The summed E-state index contributed by atoms with van der Waals surface area (Å²) in [5.74, 6) is -2.78. The molecule has 1 unspecified atom stereocenters. The topological polar surface area (TPSA) is 71.4 Å². The molecule has 0 aliphatic heterocycles. The molecule has 0 saturated carbocycles. The predicted molar refractivity (Wildman–Crippen MR) is 69.5 cm³/mol. The molecule has 0 aliphatic rings. The van der Waals surface area contributed by atoms with Crippen LogP contribution in [-0.2, 0) is 14.6 Å². The van der Waals surface area contributed by atoms with E-state index in [9.17, 15) is 31.5 Å². The average Bonchev–Trinajstić information content (AvgIpc) is 2.34. The first kappa shape index (κ1) is 17.5. The molecule has 118 valence electrons. The van der Waals surface area contributed by atoms with Crippen LogP contribution in [0.25, 0.3) is 0 Å². The Balaban J connectivity index is 3.49. The van der Waals surface area contributed by atoms with Crippen molar-refractivity contribution in [1.29, 1.82) is 0 Å². The molecule has 0 fully saturated rings. The molecule has 8 heteroatoms. The smallest absolute Gasteiger partial charge is 0.481 e. The molecule has 0 aromatic heterocycles. The summed E-state index contributed by atoms with van der Waals surface area (Å²) in [6, 6.07) is 4.35. The van der Waals surface area contributed by atoms with Crippen molar-refractivity contribution in [3.8, 4) is 0 Å². The Morgan fingerprint density at radius 2 is 1.76 bits per heavy atom. The van der Waals surface area contributed by atoms with Gasteiger partial charge < -0.3 is 5.11 Å². The average molecular weight is 324 g/mol. The second-order valence-corrected chi connectivity index (χ2v) is 6.92. The molecule has 0 aliphatic carbocycles. The van der Waals surface area contributed by atoms with Gasteiger partial charge in [-0.15, -0.1) is 0 Å². The van der Waals surface area contributed by atoms with Gasteiger partial charge in [0.05, 0.1) is 10.8 Å². The SMILES string of the molecule is CC(C)CC(C(=O)O)c1ccccc1S(=O)(=O)C(F)(F)F. The summed E-state index contributed by atoms with van der Waals surface area (Å²) in [5, 5.41) is 9.19. The Hall–Kier alpha value is -1.57. The summed E-state index contributed by atoms with van der Waals surface area (Å²) < 4.78 is 61.2. The summed E-state index contributed by atoms with van der Waals surface area (Å²) in [4.78, 5) is 10.3. The molecule has 21 heavy (non-hydrogen) atoms. The number of hydrogen-bond donors (Lipinski definition) is 1. The van der Waals surface area contributed by atoms with Gasteiger partial charge in [0.25, 0.3) is 9.84 Å². The molecule has 1 aromatic rings. The van der Waals surface area contributed by atoms with E-state index in [1.165, 1.54) is 6.07 Å². The molecule has 0 radical (unpaired) electrons. The van der Waals surface area contributed by atoms with Crippen LogP contribution in [0, 0.1) is 5.92 Å². The summed E-state index contributed by atoms with van der Waals surface area (Å²) in [5.41, 5.74) is -5.81. The van der Waals surface area contributed by atoms with Crippen molar-refractivity contribution in [2.45, 2.75) is 36.6 Å². The van der Waals surface area contributed by atoms with Gasteiger partial charge in [0.15, 0.2) is 0 Å². The lowest BCUT2D eigenvalue weighted by Crippen LogP contribution is -2.26. The van der Waals surface area contributed by atoms with Gasteiger partial charge in [-0.25, -0.2) is 8.42 Å². The maximum Gasteiger partial charge on any atom is 0.501 e. The Morgan fingerprint density at radius 3 is 2.19 bits per heavy atom. The highest BCUT2D eigenvalue weighted by atomic mass is 32.2. The summed E-state index contributed by atoms with van der Waals surface area (Å²) in [6.45, 7) is 3.41. The second kappa shape index (κ2) is 6.05. The monoisotopic (exact) mass is 324 g/mol. The van der Waals surface area contributed by atoms with Gasteiger partial charge in [-0.2, -0.15) is 13.2 Å². The summed E-state index contributed by atoms with van der Waals surface area (Å²) in [7, 11) is -5.58. The number of halogens is 3. The van der Waals surface area contributed by atoms with E-state index in [4.69, 9.17) is 0 Å². The fourth-order valence-electron chi connectivity index (χ4n) is 1.97. The molecular weight excluding hydrogens is 309 g/mol. The van der Waals surface area contributed by atoms with Gasteiger partial charge in [0, 0.05) is 0 Å². The van der Waals surface area contributed by atoms with Crippen LogP contribution < -0.4 is 0 Å². The third kappa shape index (κ3) is 3.75. The van der Waals surface area contributed by atoms with Crippen molar-refractivity contribution in [2.24, 2.45) is 5.92 Å². The maximum absolute atomic E-state index is 12.7. The number of benzene rings is 1. The number of aliphatic carboxylic acids is 1. The number of carboxylic acids is 1. The third-order valence-corrected chi connectivity index (χ3v) is 4.45. The minimum Gasteiger partial charge on any atom is -0.481 e. The molecular formula is C13H15F3O4S. The van der Waals surface area contributed by atoms with Gasteiger partial charge >= 0.3 is 11.5 Å². The molecule has 0 saturated heterocycles. The van der Waals surface area contributed by atoms with E-state index in [0.717, 1.165) is 18.2 Å². The molecule has 0 spiro atoms. The first-order valence-electron chi connectivity index (χ1n) is 6.11. The predicted octanol–water partition coefficient (Wildman–Crippen LogP) is 3.19. The van der Waals surface area contributed by atoms with Gasteiger partial charge in [-0.3, -0.25) is 4.79 Å². The fraction of sp³-hybridized carbons (Fsp3) is 0.462. The Morgan fingerprint density at radius 1 is 1.24 bits per heavy atom. The van der Waals surface area contributed by atoms with Crippen LogP contribution in [-0.4, -0.2) is 25.0 Å². The van der Waals surface area contributed by atoms with Crippen molar-refractivity contribution < 1.29 is 31.5 Å². The third-order valence-electron chi connectivity index (χ3n) is 2.89. The van der Waals surface area contributed by atoms with E-state index in [1.54, 1.807) is 13.8 Å². The molecule has 1 N–H and O–H groups in total. The van der Waals surface area contributed by atoms with Crippen molar-refractivity contribution in [2.75, 3.05) is 0 Å². The van der Waals surface area contributed by atoms with E-state index in [1.807, 2.05) is 0 Å². The lowest BCUT2D eigenvalue weighted by molar-refractivity contribution is -0.139. The first-order valence-corrected chi connectivity index (χ1v) is 7.60. The van der Waals surface area contributed by atoms with Crippen LogP contribution in [0.5, 0.6) is 0 Å². The van der Waals surface area contributed by atoms with Crippen molar-refractivity contribution in [1.82, 2.24) is 0 Å². The Kier molecular flexibility index (Phi) is 5.03. The van der Waals surface area contributed by atoms with Crippen LogP contribution in [0.15, 0.2) is 29.2 Å². The lowest BCUT2D eigenvalue weighted by atomic mass is 9.90. The van der Waals surface area contributed by atoms with Gasteiger partial charge in [0.1, 0.15) is 0 Å². The van der Waals surface area contributed by atoms with Crippen molar-refractivity contribution in [3.05, 3.63) is 29.8 Å². The van der Waals surface area contributed by atoms with Crippen LogP contribution in [0.1, 0.15) is 31.7 Å². The Bertz CT molecular complexity index is 621. The molecule has 1 aromatic carbocycles. The molecule has 0 heterocycles. The molecule has 0 bridgehead atoms. The maximum atomic E-state index is 12.7. The highest BCUT2D eigenvalue weighted by molar-refractivity contribution is 7.92. The number of sulfone groups is 1. The zero-order chi connectivity index (χ0) is 16.4. The fourth-order valence-corrected chi connectivity index (χ4v) is 3.00. The second-order valence-electron chi connectivity index (χ2n) is 5.01. The van der Waals surface area contributed by atoms with E-state index in [2.05, 4.69) is 0 Å². The molecule has 0 amide bonds. The minimum atomic E-state index is -5.58. The highest BCUT2D eigenvalue weighted by Crippen LogP contribution is 2.36. The van der Waals surface area contributed by atoms with Gasteiger partial charge in [0.2, 0.25) is 0 Å². The van der Waals surface area contributed by atoms with Crippen LogP contribution in [0.2, 0.25) is 0 Å². The molecule has 4 nitrogen and oxygen atoms in total. The number of carboxylic acid groups (broad SMARTS) is 1. The summed E-state index contributed by atoms with van der Waals surface area (Å²) in [6.07, 6.45) is 0.0414. The van der Waals surface area contributed by atoms with Crippen molar-refractivity contribution in [3.63, 3.8) is 0 Å². The van der Waals surface area contributed by atoms with Crippen LogP contribution >= 0.6 is 0 Å². The zero-order valence-electron chi connectivity index (χ0n) is 11.4. The largest absolute Gasteiger partial charge is 0.501 e. The van der Waals surface area contributed by atoms with Gasteiger partial charge in [-0.1, -0.05) is 32.0 Å². The number of hydrogen-bond acceptors (Lipinski definition) is 3. The first-order chi connectivity index (χ1) is 9.48. The highest BCUT2D eigenvalue weighted by Gasteiger charge is 2.48. The van der Waals surface area contributed by atoms with E-state index < -0.39 is 32.1 Å².